The molecule has 0 spiro atoms. The van der Waals surface area contributed by atoms with Crippen molar-refractivity contribution in [3.8, 4) is 5.75 Å². The first kappa shape index (κ1) is 9.74. The summed E-state index contributed by atoms with van der Waals surface area (Å²) in [5, 5.41) is 3.62. The van der Waals surface area contributed by atoms with E-state index in [1.165, 1.54) is 18.2 Å². The lowest BCUT2D eigenvalue weighted by Gasteiger charge is -2.13. The Hall–Kier alpha value is -0.800. The van der Waals surface area contributed by atoms with Gasteiger partial charge in [-0.05, 0) is 25.1 Å². The summed E-state index contributed by atoms with van der Waals surface area (Å²) in [6, 6.07) is 4.15. The zero-order chi connectivity index (χ0) is 9.97. The third-order valence-electron chi connectivity index (χ3n) is 2.20. The monoisotopic (exact) mass is 215 g/mol. The SMILES string of the molecule is Fc1ccc(Cl)c(O[C@@H]2CCNC2)c1. The van der Waals surface area contributed by atoms with Crippen LogP contribution in [0.2, 0.25) is 5.02 Å². The lowest BCUT2D eigenvalue weighted by molar-refractivity contribution is 0.222. The molecule has 1 aliphatic heterocycles. The molecule has 14 heavy (non-hydrogen) atoms. The Kier molecular flexibility index (Phi) is 2.89. The van der Waals surface area contributed by atoms with Crippen molar-refractivity contribution in [1.29, 1.82) is 0 Å². The smallest absolute Gasteiger partial charge is 0.141 e. The van der Waals surface area contributed by atoms with Gasteiger partial charge in [0.05, 0.1) is 5.02 Å². The second-order valence-corrected chi connectivity index (χ2v) is 3.71. The van der Waals surface area contributed by atoms with Crippen molar-refractivity contribution in [3.63, 3.8) is 0 Å². The average Bonchev–Trinajstić information content (AvgIpc) is 2.64. The molecule has 2 rings (SSSR count). The van der Waals surface area contributed by atoms with Crippen LogP contribution in [0.25, 0.3) is 0 Å². The van der Waals surface area contributed by atoms with Crippen LogP contribution in [0.5, 0.6) is 5.75 Å². The van der Waals surface area contributed by atoms with Crippen molar-refractivity contribution in [1.82, 2.24) is 5.32 Å². The molecule has 2 nitrogen and oxygen atoms in total. The van der Waals surface area contributed by atoms with Crippen LogP contribution in [0, 0.1) is 5.82 Å². The van der Waals surface area contributed by atoms with Crippen molar-refractivity contribution < 1.29 is 9.13 Å². The van der Waals surface area contributed by atoms with E-state index in [0.717, 1.165) is 19.5 Å². The zero-order valence-corrected chi connectivity index (χ0v) is 8.35. The molecule has 1 aliphatic rings. The van der Waals surface area contributed by atoms with Crippen molar-refractivity contribution in [3.05, 3.63) is 29.0 Å². The Morgan fingerprint density at radius 2 is 2.36 bits per heavy atom. The van der Waals surface area contributed by atoms with E-state index < -0.39 is 0 Å². The predicted molar refractivity (Wildman–Crippen MR) is 53.3 cm³/mol. The Balaban J connectivity index is 2.10. The van der Waals surface area contributed by atoms with Gasteiger partial charge in [0.15, 0.2) is 0 Å². The van der Waals surface area contributed by atoms with Gasteiger partial charge in [-0.15, -0.1) is 0 Å². The molecule has 1 saturated heterocycles. The van der Waals surface area contributed by atoms with E-state index in [2.05, 4.69) is 5.32 Å². The molecule has 0 bridgehead atoms. The molecule has 1 heterocycles. The van der Waals surface area contributed by atoms with Crippen LogP contribution in [0.3, 0.4) is 0 Å². The van der Waals surface area contributed by atoms with Gasteiger partial charge in [0.25, 0.3) is 0 Å². The summed E-state index contributed by atoms with van der Waals surface area (Å²) in [5.74, 6) is 0.107. The van der Waals surface area contributed by atoms with Crippen LogP contribution in [-0.4, -0.2) is 19.2 Å². The second-order valence-electron chi connectivity index (χ2n) is 3.31. The van der Waals surface area contributed by atoms with E-state index in [9.17, 15) is 4.39 Å². The third kappa shape index (κ3) is 2.16. The highest BCUT2D eigenvalue weighted by molar-refractivity contribution is 6.32. The maximum Gasteiger partial charge on any atom is 0.141 e. The Bertz CT molecular complexity index is 326. The second kappa shape index (κ2) is 4.15. The van der Waals surface area contributed by atoms with Crippen molar-refractivity contribution in [2.45, 2.75) is 12.5 Å². The Labute approximate surface area is 87.0 Å². The van der Waals surface area contributed by atoms with Crippen LogP contribution >= 0.6 is 11.6 Å². The number of hydrogen-bond donors (Lipinski definition) is 1. The standard InChI is InChI=1S/C10H11ClFNO/c11-9-2-1-7(12)5-10(9)14-8-3-4-13-6-8/h1-2,5,8,13H,3-4,6H2/t8-/m1/s1. The van der Waals surface area contributed by atoms with Gasteiger partial charge in [0.1, 0.15) is 17.7 Å². The molecule has 4 heteroatoms. The Morgan fingerprint density at radius 3 is 3.07 bits per heavy atom. The van der Waals surface area contributed by atoms with Crippen molar-refractivity contribution in [2.75, 3.05) is 13.1 Å². The Morgan fingerprint density at radius 1 is 1.50 bits per heavy atom. The van der Waals surface area contributed by atoms with E-state index in [4.69, 9.17) is 16.3 Å². The first-order valence-corrected chi connectivity index (χ1v) is 4.96. The van der Waals surface area contributed by atoms with Gasteiger partial charge < -0.3 is 10.1 Å². The van der Waals surface area contributed by atoms with Gasteiger partial charge in [-0.1, -0.05) is 11.6 Å². The summed E-state index contributed by atoms with van der Waals surface area (Å²) >= 11 is 5.86. The molecule has 76 valence electrons. The minimum absolute atomic E-state index is 0.106. The molecular formula is C10H11ClFNO. The summed E-state index contributed by atoms with van der Waals surface area (Å²) in [5.41, 5.74) is 0. The minimum atomic E-state index is -0.324. The largest absolute Gasteiger partial charge is 0.487 e. The summed E-state index contributed by atoms with van der Waals surface area (Å²) in [4.78, 5) is 0. The van der Waals surface area contributed by atoms with Gasteiger partial charge in [-0.3, -0.25) is 0 Å². The van der Waals surface area contributed by atoms with E-state index in [-0.39, 0.29) is 11.9 Å². The summed E-state index contributed by atoms with van der Waals surface area (Å²) < 4.78 is 18.4. The maximum absolute atomic E-state index is 12.9. The van der Waals surface area contributed by atoms with Crippen LogP contribution in [-0.2, 0) is 0 Å². The molecule has 0 amide bonds. The zero-order valence-electron chi connectivity index (χ0n) is 7.59. The molecule has 0 unspecified atom stereocenters. The maximum atomic E-state index is 12.9. The number of nitrogens with one attached hydrogen (secondary N) is 1. The highest BCUT2D eigenvalue weighted by Gasteiger charge is 2.17. The number of rotatable bonds is 2. The van der Waals surface area contributed by atoms with E-state index in [1.54, 1.807) is 0 Å². The molecular weight excluding hydrogens is 205 g/mol. The molecule has 0 saturated carbocycles. The topological polar surface area (TPSA) is 21.3 Å². The summed E-state index contributed by atoms with van der Waals surface area (Å²) in [6.07, 6.45) is 1.04. The molecule has 1 atom stereocenters. The fourth-order valence-corrected chi connectivity index (χ4v) is 1.64. The fraction of sp³-hybridized carbons (Fsp3) is 0.400. The molecule has 1 fully saturated rings. The third-order valence-corrected chi connectivity index (χ3v) is 2.51. The number of hydrogen-bond acceptors (Lipinski definition) is 2. The molecule has 0 radical (unpaired) electrons. The van der Waals surface area contributed by atoms with Crippen LogP contribution in [0.1, 0.15) is 6.42 Å². The first-order chi connectivity index (χ1) is 6.75. The molecule has 1 N–H and O–H groups in total. The average molecular weight is 216 g/mol. The quantitative estimate of drug-likeness (QED) is 0.817. The lowest BCUT2D eigenvalue weighted by atomic mass is 10.3. The first-order valence-electron chi connectivity index (χ1n) is 4.58. The van der Waals surface area contributed by atoms with Crippen LogP contribution in [0.4, 0.5) is 4.39 Å². The number of ether oxygens (including phenoxy) is 1. The molecule has 0 aromatic heterocycles. The van der Waals surface area contributed by atoms with Crippen LogP contribution in [0.15, 0.2) is 18.2 Å². The van der Waals surface area contributed by atoms with Gasteiger partial charge >= 0.3 is 0 Å². The van der Waals surface area contributed by atoms with E-state index in [0.29, 0.717) is 10.8 Å². The molecule has 0 aliphatic carbocycles. The minimum Gasteiger partial charge on any atom is -0.487 e. The number of halogens is 2. The summed E-state index contributed by atoms with van der Waals surface area (Å²) in [6.45, 7) is 1.74. The summed E-state index contributed by atoms with van der Waals surface area (Å²) in [7, 11) is 0. The lowest BCUT2D eigenvalue weighted by Crippen LogP contribution is -2.19. The highest BCUT2D eigenvalue weighted by atomic mass is 35.5. The van der Waals surface area contributed by atoms with Crippen LogP contribution < -0.4 is 10.1 Å². The normalized spacial score (nSPS) is 21.1. The fourth-order valence-electron chi connectivity index (χ4n) is 1.48. The van der Waals surface area contributed by atoms with Gasteiger partial charge in [0.2, 0.25) is 0 Å². The van der Waals surface area contributed by atoms with E-state index in [1.807, 2.05) is 0 Å². The predicted octanol–water partition coefficient (Wildman–Crippen LogP) is 2.22. The van der Waals surface area contributed by atoms with E-state index >= 15 is 0 Å². The van der Waals surface area contributed by atoms with Crippen molar-refractivity contribution >= 4 is 11.6 Å². The van der Waals surface area contributed by atoms with Gasteiger partial charge in [0, 0.05) is 12.6 Å². The van der Waals surface area contributed by atoms with Gasteiger partial charge in [-0.25, -0.2) is 4.39 Å². The molecule has 1 aromatic rings. The van der Waals surface area contributed by atoms with Gasteiger partial charge in [-0.2, -0.15) is 0 Å². The number of benzene rings is 1. The van der Waals surface area contributed by atoms with Crippen molar-refractivity contribution in [2.24, 2.45) is 0 Å². The highest BCUT2D eigenvalue weighted by Crippen LogP contribution is 2.26. The molecule has 1 aromatic carbocycles.